The largest absolute Gasteiger partial charge is 0.444 e. The highest BCUT2D eigenvalue weighted by Gasteiger charge is 2.37. The first-order chi connectivity index (χ1) is 19.3. The molecule has 0 aliphatic carbocycles. The summed E-state index contributed by atoms with van der Waals surface area (Å²) in [5.41, 5.74) is -2.80. The van der Waals surface area contributed by atoms with Crippen LogP contribution in [0, 0.1) is 0 Å². The SMILES string of the molecule is CN(CC(=O)N(Cc1cc(C(F)(F)F)cc(C(F)(F)F)c1)Cc1c(-c2ccccc2)ccnc1Cl)C(=O)OC(C)(C)C. The van der Waals surface area contributed by atoms with Crippen LogP contribution in [0.15, 0.2) is 60.8 Å². The molecule has 2 amide bonds. The summed E-state index contributed by atoms with van der Waals surface area (Å²) < 4.78 is 86.5. The first-order valence-electron chi connectivity index (χ1n) is 12.5. The highest BCUT2D eigenvalue weighted by Crippen LogP contribution is 2.37. The number of hydrogen-bond donors (Lipinski definition) is 0. The molecule has 42 heavy (non-hydrogen) atoms. The Morgan fingerprint density at radius 1 is 0.881 bits per heavy atom. The zero-order chi connectivity index (χ0) is 31.5. The van der Waals surface area contributed by atoms with Crippen molar-refractivity contribution in [3.8, 4) is 11.1 Å². The van der Waals surface area contributed by atoms with Gasteiger partial charge in [-0.15, -0.1) is 0 Å². The average Bonchev–Trinajstić information content (AvgIpc) is 2.87. The summed E-state index contributed by atoms with van der Waals surface area (Å²) in [5, 5.41) is -0.0188. The molecule has 2 aromatic carbocycles. The van der Waals surface area contributed by atoms with E-state index in [-0.39, 0.29) is 17.8 Å². The Bertz CT molecular complexity index is 1390. The van der Waals surface area contributed by atoms with E-state index < -0.39 is 59.7 Å². The van der Waals surface area contributed by atoms with Crippen LogP contribution in [0.25, 0.3) is 11.1 Å². The van der Waals surface area contributed by atoms with Crippen LogP contribution < -0.4 is 0 Å². The minimum Gasteiger partial charge on any atom is -0.444 e. The third kappa shape index (κ3) is 8.85. The van der Waals surface area contributed by atoms with Gasteiger partial charge in [0.05, 0.1) is 11.1 Å². The topological polar surface area (TPSA) is 62.7 Å². The first kappa shape index (κ1) is 32.7. The second kappa shape index (κ2) is 12.6. The van der Waals surface area contributed by atoms with Crippen LogP contribution in [0.5, 0.6) is 0 Å². The Hall–Kier alpha value is -3.80. The molecule has 226 valence electrons. The van der Waals surface area contributed by atoms with Crippen LogP contribution in [-0.2, 0) is 35.0 Å². The van der Waals surface area contributed by atoms with Gasteiger partial charge in [0.2, 0.25) is 5.91 Å². The molecule has 0 saturated carbocycles. The number of pyridine rings is 1. The molecule has 0 aliphatic heterocycles. The number of likely N-dealkylation sites (N-methyl/N-ethyl adjacent to an activating group) is 1. The highest BCUT2D eigenvalue weighted by molar-refractivity contribution is 6.30. The van der Waals surface area contributed by atoms with Crippen LogP contribution in [0.1, 0.15) is 43.0 Å². The molecule has 0 spiro atoms. The fourth-order valence-corrected chi connectivity index (χ4v) is 4.18. The van der Waals surface area contributed by atoms with Crippen LogP contribution in [0.4, 0.5) is 31.1 Å². The molecular weight excluding hydrogens is 588 g/mol. The van der Waals surface area contributed by atoms with Gasteiger partial charge in [-0.1, -0.05) is 41.9 Å². The number of benzene rings is 2. The molecule has 13 heteroatoms. The predicted octanol–water partition coefficient (Wildman–Crippen LogP) is 7.84. The second-order valence-electron chi connectivity index (χ2n) is 10.5. The summed E-state index contributed by atoms with van der Waals surface area (Å²) in [6.07, 6.45) is -9.57. The van der Waals surface area contributed by atoms with Crippen molar-refractivity contribution >= 4 is 23.6 Å². The summed E-state index contributed by atoms with van der Waals surface area (Å²) in [6.45, 7) is 3.28. The van der Waals surface area contributed by atoms with E-state index in [9.17, 15) is 35.9 Å². The van der Waals surface area contributed by atoms with E-state index in [1.807, 2.05) is 0 Å². The van der Waals surface area contributed by atoms with E-state index in [1.165, 1.54) is 13.2 Å². The van der Waals surface area contributed by atoms with E-state index in [4.69, 9.17) is 16.3 Å². The Kier molecular flexibility index (Phi) is 9.81. The maximum atomic E-state index is 13.5. The van der Waals surface area contributed by atoms with Crippen LogP contribution in [-0.4, -0.2) is 46.0 Å². The zero-order valence-electron chi connectivity index (χ0n) is 23.1. The van der Waals surface area contributed by atoms with Crippen molar-refractivity contribution < 1.29 is 40.7 Å². The summed E-state index contributed by atoms with van der Waals surface area (Å²) in [4.78, 5) is 32.0. The summed E-state index contributed by atoms with van der Waals surface area (Å²) in [7, 11) is 1.28. The molecule has 0 atom stereocenters. The zero-order valence-corrected chi connectivity index (χ0v) is 23.9. The van der Waals surface area contributed by atoms with Crippen molar-refractivity contribution in [2.45, 2.75) is 51.8 Å². The van der Waals surface area contributed by atoms with E-state index in [2.05, 4.69) is 4.98 Å². The Balaban J connectivity index is 2.07. The maximum Gasteiger partial charge on any atom is 0.416 e. The van der Waals surface area contributed by atoms with E-state index in [0.29, 0.717) is 28.8 Å². The smallest absolute Gasteiger partial charge is 0.416 e. The lowest BCUT2D eigenvalue weighted by Gasteiger charge is -2.29. The Morgan fingerprint density at radius 3 is 1.98 bits per heavy atom. The lowest BCUT2D eigenvalue weighted by atomic mass is 10.0. The van der Waals surface area contributed by atoms with Gasteiger partial charge >= 0.3 is 18.4 Å². The van der Waals surface area contributed by atoms with Gasteiger partial charge in [-0.3, -0.25) is 4.79 Å². The number of rotatable bonds is 7. The maximum absolute atomic E-state index is 13.5. The third-order valence-electron chi connectivity index (χ3n) is 5.89. The second-order valence-corrected chi connectivity index (χ2v) is 10.9. The Labute approximate surface area is 243 Å². The van der Waals surface area contributed by atoms with Crippen LogP contribution in [0.3, 0.4) is 0 Å². The fourth-order valence-electron chi connectivity index (χ4n) is 3.97. The van der Waals surface area contributed by atoms with Gasteiger partial charge in [0.15, 0.2) is 0 Å². The first-order valence-corrected chi connectivity index (χ1v) is 12.9. The number of aromatic nitrogens is 1. The lowest BCUT2D eigenvalue weighted by Crippen LogP contribution is -2.42. The summed E-state index contributed by atoms with van der Waals surface area (Å²) >= 11 is 6.40. The van der Waals surface area contributed by atoms with Crippen LogP contribution in [0.2, 0.25) is 5.15 Å². The molecule has 0 fully saturated rings. The standard InChI is InChI=1S/C29H28ClF6N3O3/c1-27(2,3)42-26(41)38(4)17-24(40)39(15-18-12-20(28(31,32)33)14-21(13-18)29(34,35)36)16-23-22(10-11-37-25(23)30)19-8-6-5-7-9-19/h5-14H,15-17H2,1-4H3. The van der Waals surface area contributed by atoms with E-state index in [1.54, 1.807) is 57.2 Å². The van der Waals surface area contributed by atoms with Gasteiger partial charge in [-0.25, -0.2) is 9.78 Å². The molecule has 0 unspecified atom stereocenters. The molecule has 0 N–H and O–H groups in total. The third-order valence-corrected chi connectivity index (χ3v) is 6.21. The number of carbonyl (C=O) groups excluding carboxylic acids is 2. The average molecular weight is 616 g/mol. The van der Waals surface area contributed by atoms with Crippen LogP contribution >= 0.6 is 11.6 Å². The normalized spacial score (nSPS) is 12.2. The van der Waals surface area contributed by atoms with Crippen molar-refractivity contribution in [3.63, 3.8) is 0 Å². The molecule has 3 rings (SSSR count). The van der Waals surface area contributed by atoms with Crippen molar-refractivity contribution in [2.75, 3.05) is 13.6 Å². The Morgan fingerprint density at radius 2 is 1.45 bits per heavy atom. The molecule has 1 heterocycles. The van der Waals surface area contributed by atoms with Gasteiger partial charge in [0.1, 0.15) is 17.3 Å². The van der Waals surface area contributed by atoms with Crippen molar-refractivity contribution in [1.82, 2.24) is 14.8 Å². The van der Waals surface area contributed by atoms with Crippen molar-refractivity contribution in [3.05, 3.63) is 88.2 Å². The van der Waals surface area contributed by atoms with Gasteiger partial charge in [0.25, 0.3) is 0 Å². The number of halogens is 7. The molecule has 3 aromatic rings. The van der Waals surface area contributed by atoms with Gasteiger partial charge in [-0.2, -0.15) is 26.3 Å². The van der Waals surface area contributed by atoms with Gasteiger partial charge in [-0.05, 0) is 61.7 Å². The highest BCUT2D eigenvalue weighted by atomic mass is 35.5. The number of alkyl halides is 6. The van der Waals surface area contributed by atoms with E-state index >= 15 is 0 Å². The number of carbonyl (C=O) groups is 2. The quantitative estimate of drug-likeness (QED) is 0.201. The molecule has 0 radical (unpaired) electrons. The van der Waals surface area contributed by atoms with Gasteiger partial charge in [0, 0.05) is 31.9 Å². The molecule has 0 saturated heterocycles. The van der Waals surface area contributed by atoms with Crippen molar-refractivity contribution in [1.29, 1.82) is 0 Å². The van der Waals surface area contributed by atoms with Gasteiger partial charge < -0.3 is 14.5 Å². The molecule has 0 bridgehead atoms. The minimum atomic E-state index is -5.07. The van der Waals surface area contributed by atoms with Crippen molar-refractivity contribution in [2.24, 2.45) is 0 Å². The molecular formula is C29H28ClF6N3O3. The number of hydrogen-bond acceptors (Lipinski definition) is 4. The molecule has 0 aliphatic rings. The number of nitrogens with zero attached hydrogens (tertiary/aromatic N) is 3. The minimum absolute atomic E-state index is 0.0113. The number of ether oxygens (including phenoxy) is 1. The van der Waals surface area contributed by atoms with E-state index in [0.717, 1.165) is 9.80 Å². The summed E-state index contributed by atoms with van der Waals surface area (Å²) in [6, 6.07) is 11.6. The monoisotopic (exact) mass is 615 g/mol. The number of amides is 2. The molecule has 6 nitrogen and oxygen atoms in total. The molecule has 1 aromatic heterocycles. The fraction of sp³-hybridized carbons (Fsp3) is 0.345. The summed E-state index contributed by atoms with van der Waals surface area (Å²) in [5.74, 6) is -0.784. The predicted molar refractivity (Wildman–Crippen MR) is 144 cm³/mol. The lowest BCUT2D eigenvalue weighted by molar-refractivity contribution is -0.143.